The van der Waals surface area contributed by atoms with Crippen molar-refractivity contribution in [1.29, 1.82) is 0 Å². The zero-order chi connectivity index (χ0) is 14.3. The third-order valence-corrected chi connectivity index (χ3v) is 2.50. The third kappa shape index (κ3) is 5.70. The van der Waals surface area contributed by atoms with Gasteiger partial charge >= 0.3 is 0 Å². The third-order valence-electron chi connectivity index (χ3n) is 2.50. The lowest BCUT2D eigenvalue weighted by molar-refractivity contribution is -0.116. The molecule has 5 heteroatoms. The zero-order valence-corrected chi connectivity index (χ0v) is 11.8. The Morgan fingerprint density at radius 2 is 2.26 bits per heavy atom. The molecule has 1 atom stereocenters. The van der Waals surface area contributed by atoms with Crippen molar-refractivity contribution in [2.24, 2.45) is 5.73 Å². The summed E-state index contributed by atoms with van der Waals surface area (Å²) in [6.45, 7) is 5.88. The average Bonchev–Trinajstić information content (AvgIpc) is 2.31. The number of ether oxygens (including phenoxy) is 1. The van der Waals surface area contributed by atoms with E-state index in [2.05, 4.69) is 10.3 Å². The minimum absolute atomic E-state index is 0.00732. The number of rotatable bonds is 7. The summed E-state index contributed by atoms with van der Waals surface area (Å²) in [6, 6.07) is 3.43. The molecule has 0 fully saturated rings. The Morgan fingerprint density at radius 3 is 2.89 bits per heavy atom. The molecule has 106 valence electrons. The second-order valence-corrected chi connectivity index (χ2v) is 4.82. The van der Waals surface area contributed by atoms with Crippen LogP contribution in [0.3, 0.4) is 0 Å². The number of nitrogens with one attached hydrogen (secondary N) is 1. The molecule has 1 amide bonds. The van der Waals surface area contributed by atoms with Crippen LogP contribution in [0.2, 0.25) is 0 Å². The number of carbonyl (C=O) groups excluding carboxylic acids is 1. The lowest BCUT2D eigenvalue weighted by Gasteiger charge is -2.14. The highest BCUT2D eigenvalue weighted by molar-refractivity contribution is 5.92. The molecule has 1 unspecified atom stereocenters. The number of nitrogens with two attached hydrogens (primary N) is 1. The van der Waals surface area contributed by atoms with Gasteiger partial charge in [0.1, 0.15) is 5.69 Å². The van der Waals surface area contributed by atoms with E-state index in [1.54, 1.807) is 18.3 Å². The van der Waals surface area contributed by atoms with E-state index in [0.29, 0.717) is 18.0 Å². The second kappa shape index (κ2) is 7.74. The molecule has 1 heterocycles. The molecule has 3 N–H and O–H groups in total. The van der Waals surface area contributed by atoms with Crippen LogP contribution in [0.4, 0.5) is 5.69 Å². The summed E-state index contributed by atoms with van der Waals surface area (Å²) in [7, 11) is 0. The molecule has 1 aromatic heterocycles. The van der Waals surface area contributed by atoms with Gasteiger partial charge in [-0.3, -0.25) is 4.79 Å². The Morgan fingerprint density at radius 1 is 1.53 bits per heavy atom. The summed E-state index contributed by atoms with van der Waals surface area (Å²) < 4.78 is 5.54. The number of nitrogens with zero attached hydrogens (tertiary/aromatic N) is 1. The van der Waals surface area contributed by atoms with E-state index in [0.717, 1.165) is 12.8 Å². The van der Waals surface area contributed by atoms with Gasteiger partial charge in [-0.05, 0) is 32.4 Å². The first-order chi connectivity index (χ1) is 9.02. The van der Waals surface area contributed by atoms with Crippen molar-refractivity contribution in [3.8, 4) is 5.88 Å². The van der Waals surface area contributed by atoms with Crippen molar-refractivity contribution < 1.29 is 9.53 Å². The highest BCUT2D eigenvalue weighted by atomic mass is 16.5. The Labute approximate surface area is 114 Å². The van der Waals surface area contributed by atoms with Gasteiger partial charge in [-0.15, -0.1) is 0 Å². The Kier molecular flexibility index (Phi) is 6.29. The zero-order valence-electron chi connectivity index (χ0n) is 11.8. The molecule has 1 rings (SSSR count). The largest absolute Gasteiger partial charge is 0.473 e. The van der Waals surface area contributed by atoms with Gasteiger partial charge in [-0.1, -0.05) is 13.3 Å². The first kappa shape index (κ1) is 15.4. The van der Waals surface area contributed by atoms with Crippen LogP contribution < -0.4 is 15.8 Å². The van der Waals surface area contributed by atoms with Crippen LogP contribution in [0.5, 0.6) is 5.88 Å². The first-order valence-electron chi connectivity index (χ1n) is 6.70. The summed E-state index contributed by atoms with van der Waals surface area (Å²) >= 11 is 0. The van der Waals surface area contributed by atoms with Crippen molar-refractivity contribution in [3.05, 3.63) is 18.3 Å². The predicted octanol–water partition coefficient (Wildman–Crippen LogP) is 2.32. The van der Waals surface area contributed by atoms with E-state index in [9.17, 15) is 4.79 Å². The fourth-order valence-electron chi connectivity index (χ4n) is 1.72. The maximum Gasteiger partial charge on any atom is 0.238 e. The number of amides is 1. The normalized spacial score (nSPS) is 12.3. The molecule has 5 nitrogen and oxygen atoms in total. The number of hydrogen-bond donors (Lipinski definition) is 2. The van der Waals surface area contributed by atoms with Crippen LogP contribution >= 0.6 is 0 Å². The van der Waals surface area contributed by atoms with E-state index >= 15 is 0 Å². The Balaban J connectivity index is 2.63. The lowest BCUT2D eigenvalue weighted by atomic mass is 10.1. The fraction of sp³-hybridized carbons (Fsp3) is 0.571. The smallest absolute Gasteiger partial charge is 0.238 e. The Hall–Kier alpha value is -1.62. The summed E-state index contributed by atoms with van der Waals surface area (Å²) in [5.74, 6) is 0.331. The molecule has 0 radical (unpaired) electrons. The average molecular weight is 265 g/mol. The second-order valence-electron chi connectivity index (χ2n) is 4.82. The molecule has 1 aromatic rings. The van der Waals surface area contributed by atoms with E-state index in [4.69, 9.17) is 10.5 Å². The fourth-order valence-corrected chi connectivity index (χ4v) is 1.72. The van der Waals surface area contributed by atoms with Gasteiger partial charge in [-0.2, -0.15) is 0 Å². The predicted molar refractivity (Wildman–Crippen MR) is 76.1 cm³/mol. The van der Waals surface area contributed by atoms with Gasteiger partial charge in [0.25, 0.3) is 0 Å². The van der Waals surface area contributed by atoms with E-state index in [-0.39, 0.29) is 18.1 Å². The van der Waals surface area contributed by atoms with Gasteiger partial charge in [0.05, 0.1) is 6.10 Å². The van der Waals surface area contributed by atoms with Crippen molar-refractivity contribution in [2.75, 3.05) is 5.32 Å². The minimum Gasteiger partial charge on any atom is -0.473 e. The molecule has 19 heavy (non-hydrogen) atoms. The molecule has 0 saturated heterocycles. The molecule has 0 aliphatic rings. The molecule has 0 bridgehead atoms. The van der Waals surface area contributed by atoms with Gasteiger partial charge in [-0.25, -0.2) is 4.98 Å². The number of pyridine rings is 1. The van der Waals surface area contributed by atoms with Crippen molar-refractivity contribution in [1.82, 2.24) is 4.98 Å². The number of aromatic nitrogens is 1. The van der Waals surface area contributed by atoms with Gasteiger partial charge < -0.3 is 15.8 Å². The summed E-state index contributed by atoms with van der Waals surface area (Å²) in [5.41, 5.74) is 6.44. The van der Waals surface area contributed by atoms with E-state index in [1.165, 1.54) is 0 Å². The van der Waals surface area contributed by atoms with E-state index in [1.807, 2.05) is 20.8 Å². The van der Waals surface area contributed by atoms with Crippen LogP contribution in [-0.4, -0.2) is 23.0 Å². The van der Waals surface area contributed by atoms with Crippen LogP contribution in [0, 0.1) is 0 Å². The molecule has 0 aliphatic carbocycles. The van der Waals surface area contributed by atoms with Gasteiger partial charge in [0, 0.05) is 18.7 Å². The molecular formula is C14H23N3O2. The summed E-state index contributed by atoms with van der Waals surface area (Å²) in [6.07, 6.45) is 3.77. The molecule has 0 spiro atoms. The minimum atomic E-state index is -0.109. The highest BCUT2D eigenvalue weighted by Crippen LogP contribution is 2.22. The van der Waals surface area contributed by atoms with Crippen LogP contribution in [0.1, 0.15) is 40.0 Å². The summed E-state index contributed by atoms with van der Waals surface area (Å²) in [5, 5.41) is 2.80. The maximum absolute atomic E-state index is 11.9. The molecule has 0 aliphatic heterocycles. The summed E-state index contributed by atoms with van der Waals surface area (Å²) in [4.78, 5) is 16.0. The van der Waals surface area contributed by atoms with Crippen LogP contribution in [-0.2, 0) is 4.79 Å². The molecular weight excluding hydrogens is 242 g/mol. The number of hydrogen-bond acceptors (Lipinski definition) is 4. The molecule has 0 aromatic carbocycles. The van der Waals surface area contributed by atoms with Gasteiger partial charge in [0.15, 0.2) is 0 Å². The van der Waals surface area contributed by atoms with Crippen molar-refractivity contribution >= 4 is 11.6 Å². The first-order valence-corrected chi connectivity index (χ1v) is 6.70. The quantitative estimate of drug-likeness (QED) is 0.793. The topological polar surface area (TPSA) is 77.2 Å². The lowest BCUT2D eigenvalue weighted by Crippen LogP contribution is -2.27. The van der Waals surface area contributed by atoms with Crippen LogP contribution in [0.25, 0.3) is 0 Å². The van der Waals surface area contributed by atoms with Crippen molar-refractivity contribution in [2.45, 2.75) is 52.2 Å². The number of anilines is 1. The maximum atomic E-state index is 11.9. The van der Waals surface area contributed by atoms with E-state index < -0.39 is 0 Å². The standard InChI is InChI=1S/C14H23N3O2/c1-4-6-11(15)9-13(18)17-12-7-5-8-16-14(12)19-10(2)3/h5,7-8,10-11H,4,6,9,15H2,1-3H3,(H,17,18). The monoisotopic (exact) mass is 265 g/mol. The van der Waals surface area contributed by atoms with Gasteiger partial charge in [0.2, 0.25) is 11.8 Å². The van der Waals surface area contributed by atoms with Crippen LogP contribution in [0.15, 0.2) is 18.3 Å². The SMILES string of the molecule is CCCC(N)CC(=O)Nc1cccnc1OC(C)C. The highest BCUT2D eigenvalue weighted by Gasteiger charge is 2.12. The van der Waals surface area contributed by atoms with Crippen molar-refractivity contribution in [3.63, 3.8) is 0 Å². The number of carbonyl (C=O) groups is 1. The molecule has 0 saturated carbocycles. The Bertz CT molecular complexity index is 407.